The van der Waals surface area contributed by atoms with E-state index in [0.717, 1.165) is 22.6 Å². The van der Waals surface area contributed by atoms with E-state index in [2.05, 4.69) is 0 Å². The third kappa shape index (κ3) is 1.42. The average Bonchev–Trinajstić information content (AvgIpc) is 2.73. The lowest BCUT2D eigenvalue weighted by Crippen LogP contribution is -2.20. The number of ether oxygens (including phenoxy) is 2. The number of halogens is 1. The molecule has 0 spiro atoms. The zero-order valence-corrected chi connectivity index (χ0v) is 9.20. The van der Waals surface area contributed by atoms with E-state index in [9.17, 15) is 0 Å². The number of anilines is 1. The first-order valence-corrected chi connectivity index (χ1v) is 5.29. The van der Waals surface area contributed by atoms with E-state index in [1.54, 1.807) is 4.42 Å². The van der Waals surface area contributed by atoms with Gasteiger partial charge in [0, 0.05) is 23.4 Å². The smallest absolute Gasteiger partial charge is 0.231 e. The summed E-state index contributed by atoms with van der Waals surface area (Å²) in [6.07, 6.45) is 1.93. The quantitative estimate of drug-likeness (QED) is 0.759. The fourth-order valence-corrected chi connectivity index (χ4v) is 2.20. The molecule has 1 N–H and O–H groups in total. The van der Waals surface area contributed by atoms with Crippen LogP contribution >= 0.6 is 11.8 Å². The summed E-state index contributed by atoms with van der Waals surface area (Å²) in [5, 5.41) is 9.12. The molecule has 2 aliphatic rings. The van der Waals surface area contributed by atoms with Crippen molar-refractivity contribution in [3.8, 4) is 11.5 Å². The average molecular weight is 240 g/mol. The van der Waals surface area contributed by atoms with Crippen LogP contribution in [0.2, 0.25) is 0 Å². The topological polar surface area (TPSA) is 41.9 Å². The van der Waals surface area contributed by atoms with Crippen molar-refractivity contribution >= 4 is 23.5 Å². The van der Waals surface area contributed by atoms with E-state index < -0.39 is 0 Å². The van der Waals surface area contributed by atoms with Crippen LogP contribution in [0, 0.1) is 0 Å². The van der Waals surface area contributed by atoms with Crippen molar-refractivity contribution in [3.63, 3.8) is 0 Å². The van der Waals surface area contributed by atoms with Crippen molar-refractivity contribution < 1.29 is 14.6 Å². The van der Waals surface area contributed by atoms with Crippen LogP contribution in [0.4, 0.5) is 5.69 Å². The van der Waals surface area contributed by atoms with Gasteiger partial charge in [-0.15, -0.1) is 0 Å². The third-order valence-electron chi connectivity index (χ3n) is 2.69. The van der Waals surface area contributed by atoms with E-state index >= 15 is 0 Å². The molecule has 0 amide bonds. The summed E-state index contributed by atoms with van der Waals surface area (Å²) in [6.45, 7) is 0.777. The molecule has 2 heterocycles. The highest BCUT2D eigenvalue weighted by Gasteiger charge is 2.22. The summed E-state index contributed by atoms with van der Waals surface area (Å²) in [6, 6.07) is 3.73. The number of benzene rings is 1. The maximum atomic E-state index is 9.12. The highest BCUT2D eigenvalue weighted by atomic mass is 35.5. The van der Waals surface area contributed by atoms with Crippen molar-refractivity contribution in [2.24, 2.45) is 0 Å². The molecule has 4 nitrogen and oxygen atoms in total. The summed E-state index contributed by atoms with van der Waals surface area (Å²) in [7, 11) is 0. The lowest BCUT2D eigenvalue weighted by atomic mass is 10.0. The summed E-state index contributed by atoms with van der Waals surface area (Å²) < 4.78 is 12.2. The Labute approximate surface area is 97.8 Å². The molecule has 3 rings (SSSR count). The molecular weight excluding hydrogens is 230 g/mol. The van der Waals surface area contributed by atoms with E-state index in [0.29, 0.717) is 12.3 Å². The Morgan fingerprint density at radius 1 is 1.31 bits per heavy atom. The SMILES string of the molecule is OCC1=Cc2cc3c(cc2N(Cl)C1)OCO3. The molecule has 5 heteroatoms. The van der Waals surface area contributed by atoms with Crippen molar-refractivity contribution in [1.29, 1.82) is 0 Å². The van der Waals surface area contributed by atoms with Crippen molar-refractivity contribution in [2.45, 2.75) is 0 Å². The molecule has 16 heavy (non-hydrogen) atoms. The van der Waals surface area contributed by atoms with Crippen LogP contribution in [-0.4, -0.2) is 25.1 Å². The number of hydrogen-bond donors (Lipinski definition) is 1. The van der Waals surface area contributed by atoms with Gasteiger partial charge in [-0.1, -0.05) is 0 Å². The summed E-state index contributed by atoms with van der Waals surface area (Å²) in [4.78, 5) is 0. The molecule has 0 aromatic heterocycles. The predicted octanol–water partition coefficient (Wildman–Crippen LogP) is 1.76. The summed E-state index contributed by atoms with van der Waals surface area (Å²) >= 11 is 6.11. The van der Waals surface area contributed by atoms with Crippen LogP contribution in [0.25, 0.3) is 6.08 Å². The highest BCUT2D eigenvalue weighted by Crippen LogP contribution is 2.41. The Kier molecular flexibility index (Phi) is 2.19. The second-order valence-electron chi connectivity index (χ2n) is 3.75. The predicted molar refractivity (Wildman–Crippen MR) is 60.8 cm³/mol. The summed E-state index contributed by atoms with van der Waals surface area (Å²) in [5.74, 6) is 1.43. The maximum Gasteiger partial charge on any atom is 0.231 e. The summed E-state index contributed by atoms with van der Waals surface area (Å²) in [5.41, 5.74) is 2.69. The van der Waals surface area contributed by atoms with Gasteiger partial charge in [0.2, 0.25) is 6.79 Å². The molecule has 2 aliphatic heterocycles. The first kappa shape index (κ1) is 9.81. The number of aliphatic hydroxyl groups excluding tert-OH is 1. The Bertz CT molecular complexity index is 473. The van der Waals surface area contributed by atoms with Gasteiger partial charge in [-0.25, -0.2) is 0 Å². The first-order valence-electron chi connectivity index (χ1n) is 4.95. The second-order valence-corrected chi connectivity index (χ2v) is 4.15. The number of nitrogens with zero attached hydrogens (tertiary/aromatic N) is 1. The van der Waals surface area contributed by atoms with Crippen molar-refractivity contribution in [1.82, 2.24) is 0 Å². The molecule has 1 aromatic rings. The minimum Gasteiger partial charge on any atom is -0.454 e. The molecule has 0 saturated carbocycles. The highest BCUT2D eigenvalue weighted by molar-refractivity contribution is 6.26. The number of rotatable bonds is 1. The molecule has 0 atom stereocenters. The molecule has 0 aliphatic carbocycles. The number of aliphatic hydroxyl groups is 1. The molecular formula is C11H10ClNO3. The fraction of sp³-hybridized carbons (Fsp3) is 0.273. The maximum absolute atomic E-state index is 9.12. The standard InChI is InChI=1S/C11H10ClNO3/c12-13-4-7(5-14)1-8-2-10-11(3-9(8)13)16-6-15-10/h1-3,14H,4-6H2. The van der Waals surface area contributed by atoms with Crippen LogP contribution in [-0.2, 0) is 0 Å². The van der Waals surface area contributed by atoms with Gasteiger partial charge in [0.25, 0.3) is 0 Å². The molecule has 0 radical (unpaired) electrons. The Morgan fingerprint density at radius 2 is 2.06 bits per heavy atom. The molecule has 1 aromatic carbocycles. The normalized spacial score (nSPS) is 17.1. The van der Waals surface area contributed by atoms with Crippen LogP contribution < -0.4 is 13.9 Å². The Balaban J connectivity index is 2.12. The van der Waals surface area contributed by atoms with E-state index in [-0.39, 0.29) is 13.4 Å². The van der Waals surface area contributed by atoms with Gasteiger partial charge in [0.1, 0.15) is 0 Å². The van der Waals surface area contributed by atoms with Gasteiger partial charge in [0.15, 0.2) is 11.5 Å². The lowest BCUT2D eigenvalue weighted by Gasteiger charge is -2.24. The van der Waals surface area contributed by atoms with E-state index in [1.165, 1.54) is 0 Å². The second kappa shape index (κ2) is 3.57. The van der Waals surface area contributed by atoms with Gasteiger partial charge in [-0.2, -0.15) is 0 Å². The Morgan fingerprint density at radius 3 is 2.81 bits per heavy atom. The van der Waals surface area contributed by atoms with Gasteiger partial charge >= 0.3 is 0 Å². The fourth-order valence-electron chi connectivity index (χ4n) is 1.90. The van der Waals surface area contributed by atoms with Gasteiger partial charge in [-0.3, -0.25) is 4.42 Å². The van der Waals surface area contributed by atoms with Crippen LogP contribution in [0.1, 0.15) is 5.56 Å². The zero-order valence-electron chi connectivity index (χ0n) is 8.44. The molecule has 0 unspecified atom stereocenters. The van der Waals surface area contributed by atoms with Crippen LogP contribution in [0.3, 0.4) is 0 Å². The Hall–Kier alpha value is -1.39. The van der Waals surface area contributed by atoms with Gasteiger partial charge in [-0.05, 0) is 17.7 Å². The molecule has 84 valence electrons. The largest absolute Gasteiger partial charge is 0.454 e. The van der Waals surface area contributed by atoms with Crippen molar-refractivity contribution in [3.05, 3.63) is 23.3 Å². The molecule has 0 fully saturated rings. The molecule has 0 saturated heterocycles. The first-order chi connectivity index (χ1) is 7.78. The zero-order chi connectivity index (χ0) is 11.1. The monoisotopic (exact) mass is 239 g/mol. The van der Waals surface area contributed by atoms with Crippen LogP contribution in [0.5, 0.6) is 11.5 Å². The number of hydrogen-bond acceptors (Lipinski definition) is 4. The van der Waals surface area contributed by atoms with Crippen LogP contribution in [0.15, 0.2) is 17.7 Å². The van der Waals surface area contributed by atoms with Gasteiger partial charge in [0.05, 0.1) is 18.8 Å². The van der Waals surface area contributed by atoms with Crippen molar-refractivity contribution in [2.75, 3.05) is 24.4 Å². The van der Waals surface area contributed by atoms with Gasteiger partial charge < -0.3 is 14.6 Å². The molecule has 0 bridgehead atoms. The minimum absolute atomic E-state index is 0.0110. The number of fused-ring (bicyclic) bond motifs is 2. The minimum atomic E-state index is 0.0110. The van der Waals surface area contributed by atoms with E-state index in [4.69, 9.17) is 26.4 Å². The third-order valence-corrected chi connectivity index (χ3v) is 2.99. The lowest BCUT2D eigenvalue weighted by molar-refractivity contribution is 0.174. The van der Waals surface area contributed by atoms with E-state index in [1.807, 2.05) is 18.2 Å².